The number of amides is 1. The molecule has 3 heterocycles. The van der Waals surface area contributed by atoms with Gasteiger partial charge in [0, 0.05) is 11.1 Å². The van der Waals surface area contributed by atoms with Gasteiger partial charge in [-0.2, -0.15) is 0 Å². The lowest BCUT2D eigenvalue weighted by Crippen LogP contribution is -2.16. The van der Waals surface area contributed by atoms with Gasteiger partial charge in [0.25, 0.3) is 0 Å². The second kappa shape index (κ2) is 9.32. The Bertz CT molecular complexity index is 1230. The van der Waals surface area contributed by atoms with Crippen molar-refractivity contribution in [2.45, 2.75) is 19.0 Å². The van der Waals surface area contributed by atoms with Crippen LogP contribution in [-0.2, 0) is 9.53 Å². The molecular formula is C22H20N4O3S2. The lowest BCUT2D eigenvalue weighted by molar-refractivity contribution is -0.113. The Balaban J connectivity index is 1.56. The minimum absolute atomic E-state index is 0.134. The predicted molar refractivity (Wildman–Crippen MR) is 123 cm³/mol. The molecule has 1 aromatic carbocycles. The summed E-state index contributed by atoms with van der Waals surface area (Å²) in [6.07, 6.45) is 1.85. The molecule has 0 spiro atoms. The van der Waals surface area contributed by atoms with Crippen LogP contribution in [0.5, 0.6) is 0 Å². The summed E-state index contributed by atoms with van der Waals surface area (Å²) in [5.41, 5.74) is 2.90. The van der Waals surface area contributed by atoms with Gasteiger partial charge in [0.1, 0.15) is 5.00 Å². The van der Waals surface area contributed by atoms with Crippen molar-refractivity contribution >= 4 is 45.6 Å². The summed E-state index contributed by atoms with van der Waals surface area (Å²) in [4.78, 5) is 26.2. The second-order valence-corrected chi connectivity index (χ2v) is 8.56. The minimum Gasteiger partial charge on any atom is -0.462 e. The molecule has 0 aliphatic carbocycles. The Morgan fingerprint density at radius 2 is 1.90 bits per heavy atom. The third-order valence-electron chi connectivity index (χ3n) is 4.53. The Hall–Kier alpha value is -3.17. The summed E-state index contributed by atoms with van der Waals surface area (Å²) in [7, 11) is 0. The van der Waals surface area contributed by atoms with E-state index in [-0.39, 0.29) is 18.3 Å². The molecule has 158 valence electrons. The maximum absolute atomic E-state index is 12.7. The van der Waals surface area contributed by atoms with Gasteiger partial charge in [0.05, 0.1) is 17.9 Å². The average Bonchev–Trinajstić information content (AvgIpc) is 3.34. The summed E-state index contributed by atoms with van der Waals surface area (Å²) >= 11 is 2.65. The molecule has 0 atom stereocenters. The van der Waals surface area contributed by atoms with Crippen molar-refractivity contribution in [1.29, 1.82) is 0 Å². The number of nitrogens with one attached hydrogen (secondary N) is 1. The van der Waals surface area contributed by atoms with E-state index in [1.165, 1.54) is 23.1 Å². The van der Waals surface area contributed by atoms with Gasteiger partial charge >= 0.3 is 5.97 Å². The van der Waals surface area contributed by atoms with Gasteiger partial charge < -0.3 is 10.1 Å². The molecule has 1 amide bonds. The van der Waals surface area contributed by atoms with Crippen molar-refractivity contribution in [2.75, 3.05) is 17.7 Å². The zero-order chi connectivity index (χ0) is 21.8. The number of carbonyl (C=O) groups is 2. The first kappa shape index (κ1) is 21.1. The molecule has 0 aliphatic rings. The number of fused-ring (bicyclic) bond motifs is 1. The standard InChI is InChI=1S/C22H20N4O3S2/c1-3-29-21(28)18-14(2)19(15-9-5-4-6-10-15)31-20(18)23-17(27)13-30-22-25-24-16-11-7-8-12-26(16)22/h4-12H,3,13H2,1-2H3,(H,23,27). The van der Waals surface area contributed by atoms with E-state index in [2.05, 4.69) is 15.5 Å². The summed E-state index contributed by atoms with van der Waals surface area (Å²) < 4.78 is 7.06. The summed E-state index contributed by atoms with van der Waals surface area (Å²) in [6, 6.07) is 15.4. The van der Waals surface area contributed by atoms with Crippen LogP contribution in [0.1, 0.15) is 22.8 Å². The van der Waals surface area contributed by atoms with Crippen LogP contribution in [-0.4, -0.2) is 38.8 Å². The number of thioether (sulfide) groups is 1. The topological polar surface area (TPSA) is 85.6 Å². The number of hydrogen-bond donors (Lipinski definition) is 1. The number of rotatable bonds is 7. The van der Waals surface area contributed by atoms with Crippen molar-refractivity contribution in [3.8, 4) is 10.4 Å². The van der Waals surface area contributed by atoms with Crippen LogP contribution in [0.15, 0.2) is 59.9 Å². The van der Waals surface area contributed by atoms with Gasteiger partial charge in [0.15, 0.2) is 10.8 Å². The fourth-order valence-corrected chi connectivity index (χ4v) is 5.07. The van der Waals surface area contributed by atoms with Crippen LogP contribution in [0.2, 0.25) is 0 Å². The quantitative estimate of drug-likeness (QED) is 0.324. The fraction of sp³-hybridized carbons (Fsp3) is 0.182. The van der Waals surface area contributed by atoms with Gasteiger partial charge in [-0.25, -0.2) is 4.79 Å². The number of thiophene rings is 1. The lowest BCUT2D eigenvalue weighted by atomic mass is 10.1. The SMILES string of the molecule is CCOC(=O)c1c(NC(=O)CSc2nnc3ccccn23)sc(-c2ccccc2)c1C. The number of carbonyl (C=O) groups excluding carboxylic acids is 2. The zero-order valence-corrected chi connectivity index (χ0v) is 18.6. The van der Waals surface area contributed by atoms with Crippen LogP contribution in [0.4, 0.5) is 5.00 Å². The highest BCUT2D eigenvalue weighted by Gasteiger charge is 2.24. The van der Waals surface area contributed by atoms with Crippen molar-refractivity contribution in [1.82, 2.24) is 14.6 Å². The minimum atomic E-state index is -0.440. The molecule has 0 aliphatic heterocycles. The molecule has 0 radical (unpaired) electrons. The second-order valence-electron chi connectivity index (χ2n) is 6.60. The van der Waals surface area contributed by atoms with E-state index in [0.717, 1.165) is 21.7 Å². The predicted octanol–water partition coefficient (Wildman–Crippen LogP) is 4.67. The maximum atomic E-state index is 12.7. The first-order valence-corrected chi connectivity index (χ1v) is 11.5. The van der Waals surface area contributed by atoms with Gasteiger partial charge in [-0.15, -0.1) is 21.5 Å². The van der Waals surface area contributed by atoms with E-state index < -0.39 is 5.97 Å². The van der Waals surface area contributed by atoms with E-state index in [4.69, 9.17) is 4.74 Å². The van der Waals surface area contributed by atoms with Gasteiger partial charge in [-0.1, -0.05) is 48.2 Å². The highest BCUT2D eigenvalue weighted by Crippen LogP contribution is 2.40. The highest BCUT2D eigenvalue weighted by molar-refractivity contribution is 7.99. The number of nitrogens with zero attached hydrogens (tertiary/aromatic N) is 3. The molecule has 4 rings (SSSR count). The first-order valence-electron chi connectivity index (χ1n) is 9.66. The van der Waals surface area contributed by atoms with Gasteiger partial charge in [-0.3, -0.25) is 9.20 Å². The normalized spacial score (nSPS) is 10.9. The molecule has 7 nitrogen and oxygen atoms in total. The molecule has 0 fully saturated rings. The van der Waals surface area contributed by atoms with Crippen LogP contribution in [0, 0.1) is 6.92 Å². The third kappa shape index (κ3) is 4.47. The first-order chi connectivity index (χ1) is 15.1. The number of aromatic nitrogens is 3. The van der Waals surface area contributed by atoms with Crippen molar-refractivity contribution in [3.63, 3.8) is 0 Å². The lowest BCUT2D eigenvalue weighted by Gasteiger charge is -2.07. The Labute approximate surface area is 187 Å². The van der Waals surface area contributed by atoms with Crippen LogP contribution in [0.3, 0.4) is 0 Å². The molecule has 0 saturated carbocycles. The number of hydrogen-bond acceptors (Lipinski definition) is 7. The number of pyridine rings is 1. The smallest absolute Gasteiger partial charge is 0.341 e. The van der Waals surface area contributed by atoms with Crippen molar-refractivity contribution in [2.24, 2.45) is 0 Å². The van der Waals surface area contributed by atoms with E-state index in [1.807, 2.05) is 66.1 Å². The number of benzene rings is 1. The summed E-state index contributed by atoms with van der Waals surface area (Å²) in [6.45, 7) is 3.89. The summed E-state index contributed by atoms with van der Waals surface area (Å²) in [5, 5.41) is 12.2. The van der Waals surface area contributed by atoms with Gasteiger partial charge in [0.2, 0.25) is 5.91 Å². The fourth-order valence-electron chi connectivity index (χ4n) is 3.13. The molecule has 0 unspecified atom stereocenters. The van der Waals surface area contributed by atoms with Crippen molar-refractivity contribution < 1.29 is 14.3 Å². The van der Waals surface area contributed by atoms with Gasteiger partial charge in [-0.05, 0) is 37.1 Å². The molecule has 0 saturated heterocycles. The van der Waals surface area contributed by atoms with E-state index in [9.17, 15) is 9.59 Å². The molecule has 1 N–H and O–H groups in total. The molecule has 31 heavy (non-hydrogen) atoms. The van der Waals surface area contributed by atoms with Crippen molar-refractivity contribution in [3.05, 3.63) is 65.9 Å². The number of ether oxygens (including phenoxy) is 1. The third-order valence-corrected chi connectivity index (χ3v) is 6.73. The Kier molecular flexibility index (Phi) is 6.34. The molecular weight excluding hydrogens is 432 g/mol. The summed E-state index contributed by atoms with van der Waals surface area (Å²) in [5.74, 6) is -0.538. The maximum Gasteiger partial charge on any atom is 0.341 e. The van der Waals surface area contributed by atoms with Crippen LogP contribution >= 0.6 is 23.1 Å². The van der Waals surface area contributed by atoms with Crippen LogP contribution in [0.25, 0.3) is 16.1 Å². The molecule has 9 heteroatoms. The zero-order valence-electron chi connectivity index (χ0n) is 17.0. The molecule has 4 aromatic rings. The van der Waals surface area contributed by atoms with E-state index in [1.54, 1.807) is 6.92 Å². The largest absolute Gasteiger partial charge is 0.462 e. The highest BCUT2D eigenvalue weighted by atomic mass is 32.2. The molecule has 3 aromatic heterocycles. The Morgan fingerprint density at radius 3 is 2.68 bits per heavy atom. The van der Waals surface area contributed by atoms with E-state index >= 15 is 0 Å². The average molecular weight is 453 g/mol. The number of esters is 1. The van der Waals surface area contributed by atoms with E-state index in [0.29, 0.717) is 15.7 Å². The van der Waals surface area contributed by atoms with Crippen LogP contribution < -0.4 is 5.32 Å². The monoisotopic (exact) mass is 452 g/mol. The molecule has 0 bridgehead atoms. The Morgan fingerprint density at radius 1 is 1.13 bits per heavy atom. The number of anilines is 1.